The Bertz CT molecular complexity index is 871. The van der Waals surface area contributed by atoms with Gasteiger partial charge in [-0.3, -0.25) is 4.99 Å². The lowest BCUT2D eigenvalue weighted by Gasteiger charge is -2.31. The van der Waals surface area contributed by atoms with Crippen LogP contribution in [0.3, 0.4) is 0 Å². The maximum absolute atomic E-state index is 5.12. The minimum Gasteiger partial charge on any atom is -0.258 e. The van der Waals surface area contributed by atoms with E-state index in [1.165, 1.54) is 22.4 Å². The van der Waals surface area contributed by atoms with Crippen LogP contribution in [0.4, 0.5) is 5.69 Å². The minimum absolute atomic E-state index is 0.249. The largest absolute Gasteiger partial charge is 0.258 e. The molecule has 0 amide bonds. The molecule has 0 spiro atoms. The maximum Gasteiger partial charge on any atom is 0.0658 e. The summed E-state index contributed by atoms with van der Waals surface area (Å²) in [5.41, 5.74) is 8.20. The highest BCUT2D eigenvalue weighted by atomic mass is 14.7. The monoisotopic (exact) mass is 401 g/mol. The van der Waals surface area contributed by atoms with E-state index in [1.54, 1.807) is 5.57 Å². The molecule has 0 saturated carbocycles. The van der Waals surface area contributed by atoms with Gasteiger partial charge in [0.15, 0.2) is 0 Å². The van der Waals surface area contributed by atoms with Crippen LogP contribution in [0, 0.1) is 12.3 Å². The van der Waals surface area contributed by atoms with Crippen LogP contribution in [-0.4, -0.2) is 5.71 Å². The molecule has 0 fully saturated rings. The molecule has 30 heavy (non-hydrogen) atoms. The standard InChI is InChI=1S/C29H39N/c1-7-12-25(13-8-2)15-11-16-27(30-28-17-10-9-14-24(28)4)19-18-26-22-23(3)20-21-29(26,5)6/h7-10,12-14,17,20,22H,1,11,15-16,18-19,21H2,2-6H3/b13-8-,25-12+,30-27-. The first-order chi connectivity index (χ1) is 14.4. The van der Waals surface area contributed by atoms with Gasteiger partial charge in [-0.05, 0) is 81.9 Å². The molecule has 0 saturated heterocycles. The van der Waals surface area contributed by atoms with E-state index in [2.05, 4.69) is 95.8 Å². The second-order valence-corrected chi connectivity index (χ2v) is 9.00. The first-order valence-corrected chi connectivity index (χ1v) is 11.3. The fraction of sp³-hybridized carbons (Fsp3) is 0.414. The summed E-state index contributed by atoms with van der Waals surface area (Å²) in [4.78, 5) is 5.12. The van der Waals surface area contributed by atoms with E-state index in [4.69, 9.17) is 4.99 Å². The van der Waals surface area contributed by atoms with Crippen molar-refractivity contribution in [2.24, 2.45) is 10.4 Å². The summed E-state index contributed by atoms with van der Waals surface area (Å²) in [6.45, 7) is 15.0. The van der Waals surface area contributed by atoms with Gasteiger partial charge in [-0.1, -0.05) is 86.2 Å². The SMILES string of the molecule is C=C/C=C(\C=C/C)CCC/C(CCC1=CC(C)=CCC1(C)C)=N/c1ccccc1C. The molecule has 0 N–H and O–H groups in total. The van der Waals surface area contributed by atoms with Crippen LogP contribution in [-0.2, 0) is 0 Å². The van der Waals surface area contributed by atoms with Crippen molar-refractivity contribution in [3.05, 3.63) is 89.6 Å². The average Bonchev–Trinajstić information content (AvgIpc) is 2.70. The third-order valence-electron chi connectivity index (χ3n) is 5.93. The van der Waals surface area contributed by atoms with Crippen LogP contribution in [0.2, 0.25) is 0 Å². The summed E-state index contributed by atoms with van der Waals surface area (Å²) in [6, 6.07) is 8.45. The van der Waals surface area contributed by atoms with E-state index in [1.807, 2.05) is 6.08 Å². The van der Waals surface area contributed by atoms with E-state index >= 15 is 0 Å². The number of aryl methyl sites for hydroxylation is 1. The Kier molecular flexibility index (Phi) is 9.30. The molecular formula is C29H39N. The van der Waals surface area contributed by atoms with Crippen molar-refractivity contribution in [3.63, 3.8) is 0 Å². The van der Waals surface area contributed by atoms with Crippen LogP contribution < -0.4 is 0 Å². The Morgan fingerprint density at radius 2 is 1.90 bits per heavy atom. The number of hydrogen-bond acceptors (Lipinski definition) is 1. The molecule has 0 aliphatic heterocycles. The molecule has 0 radical (unpaired) electrons. The van der Waals surface area contributed by atoms with Crippen LogP contribution in [0.5, 0.6) is 0 Å². The molecule has 2 rings (SSSR count). The number of aliphatic imine (C=N–C) groups is 1. The highest BCUT2D eigenvalue weighted by Gasteiger charge is 2.24. The maximum atomic E-state index is 5.12. The average molecular weight is 402 g/mol. The van der Waals surface area contributed by atoms with Crippen LogP contribution in [0.15, 0.2) is 89.0 Å². The number of para-hydroxylation sites is 1. The Hall–Kier alpha value is -2.41. The van der Waals surface area contributed by atoms with E-state index in [9.17, 15) is 0 Å². The zero-order valence-electron chi connectivity index (χ0n) is 19.7. The van der Waals surface area contributed by atoms with Crippen molar-refractivity contribution in [2.45, 2.75) is 73.1 Å². The second-order valence-electron chi connectivity index (χ2n) is 9.00. The molecule has 160 valence electrons. The molecule has 0 bridgehead atoms. The molecule has 0 aromatic heterocycles. The molecule has 1 aliphatic carbocycles. The zero-order valence-corrected chi connectivity index (χ0v) is 19.7. The van der Waals surface area contributed by atoms with Crippen molar-refractivity contribution in [1.82, 2.24) is 0 Å². The van der Waals surface area contributed by atoms with E-state index in [0.29, 0.717) is 0 Å². The van der Waals surface area contributed by atoms with Gasteiger partial charge in [0.1, 0.15) is 0 Å². The van der Waals surface area contributed by atoms with Gasteiger partial charge in [-0.15, -0.1) is 0 Å². The van der Waals surface area contributed by atoms with Crippen molar-refractivity contribution in [2.75, 3.05) is 0 Å². The molecule has 1 heteroatoms. The second kappa shape index (κ2) is 11.7. The molecule has 1 aliphatic rings. The smallest absolute Gasteiger partial charge is 0.0658 e. The van der Waals surface area contributed by atoms with Crippen molar-refractivity contribution in [1.29, 1.82) is 0 Å². The number of nitrogens with zero attached hydrogens (tertiary/aromatic N) is 1. The topological polar surface area (TPSA) is 12.4 Å². The predicted molar refractivity (Wildman–Crippen MR) is 135 cm³/mol. The molecule has 1 nitrogen and oxygen atoms in total. The van der Waals surface area contributed by atoms with Gasteiger partial charge in [0.25, 0.3) is 0 Å². The van der Waals surface area contributed by atoms with E-state index in [-0.39, 0.29) is 5.41 Å². The summed E-state index contributed by atoms with van der Waals surface area (Å²) in [5.74, 6) is 0. The number of hydrogen-bond donors (Lipinski definition) is 0. The van der Waals surface area contributed by atoms with Gasteiger partial charge in [0.2, 0.25) is 0 Å². The first-order valence-electron chi connectivity index (χ1n) is 11.3. The predicted octanol–water partition coefficient (Wildman–Crippen LogP) is 9.01. The van der Waals surface area contributed by atoms with Crippen molar-refractivity contribution >= 4 is 11.4 Å². The first kappa shape index (κ1) is 23.9. The van der Waals surface area contributed by atoms with Gasteiger partial charge in [-0.2, -0.15) is 0 Å². The number of rotatable bonds is 10. The summed E-state index contributed by atoms with van der Waals surface area (Å²) < 4.78 is 0. The third kappa shape index (κ3) is 7.44. The number of benzene rings is 1. The van der Waals surface area contributed by atoms with Crippen LogP contribution >= 0.6 is 0 Å². The van der Waals surface area contributed by atoms with Gasteiger partial charge in [0.05, 0.1) is 5.69 Å². The van der Waals surface area contributed by atoms with Crippen molar-refractivity contribution < 1.29 is 0 Å². The summed E-state index contributed by atoms with van der Waals surface area (Å²) in [6.07, 6.45) is 19.5. The molecule has 1 aromatic carbocycles. The molecule has 0 heterocycles. The summed E-state index contributed by atoms with van der Waals surface area (Å²) in [7, 11) is 0. The Morgan fingerprint density at radius 3 is 2.60 bits per heavy atom. The van der Waals surface area contributed by atoms with E-state index in [0.717, 1.165) is 44.2 Å². The normalized spacial score (nSPS) is 17.1. The summed E-state index contributed by atoms with van der Waals surface area (Å²) >= 11 is 0. The molecular weight excluding hydrogens is 362 g/mol. The fourth-order valence-electron chi connectivity index (χ4n) is 3.95. The number of allylic oxidation sites excluding steroid dienone is 9. The zero-order chi connectivity index (χ0) is 22.0. The highest BCUT2D eigenvalue weighted by Crippen LogP contribution is 2.38. The highest BCUT2D eigenvalue weighted by molar-refractivity contribution is 5.87. The lowest BCUT2D eigenvalue weighted by atomic mass is 9.74. The van der Waals surface area contributed by atoms with Gasteiger partial charge >= 0.3 is 0 Å². The Balaban J connectivity index is 2.15. The van der Waals surface area contributed by atoms with Gasteiger partial charge in [-0.25, -0.2) is 0 Å². The minimum atomic E-state index is 0.249. The van der Waals surface area contributed by atoms with Gasteiger partial charge < -0.3 is 0 Å². The van der Waals surface area contributed by atoms with Gasteiger partial charge in [0, 0.05) is 5.71 Å². The Labute approximate surface area is 184 Å². The molecule has 0 atom stereocenters. The van der Waals surface area contributed by atoms with Crippen LogP contribution in [0.1, 0.15) is 71.8 Å². The quantitative estimate of drug-likeness (QED) is 0.274. The van der Waals surface area contributed by atoms with E-state index < -0.39 is 0 Å². The lowest BCUT2D eigenvalue weighted by Crippen LogP contribution is -2.18. The third-order valence-corrected chi connectivity index (χ3v) is 5.93. The molecule has 1 aromatic rings. The van der Waals surface area contributed by atoms with Crippen LogP contribution in [0.25, 0.3) is 0 Å². The molecule has 0 unspecified atom stereocenters. The lowest BCUT2D eigenvalue weighted by molar-refractivity contribution is 0.430. The summed E-state index contributed by atoms with van der Waals surface area (Å²) in [5, 5.41) is 0. The van der Waals surface area contributed by atoms with Crippen molar-refractivity contribution in [3.8, 4) is 0 Å². The Morgan fingerprint density at radius 1 is 1.13 bits per heavy atom. The fourth-order valence-corrected chi connectivity index (χ4v) is 3.95.